The molecule has 0 saturated carbocycles. The first-order valence-corrected chi connectivity index (χ1v) is 13.7. The first-order valence-electron chi connectivity index (χ1n) is 13.7. The molecule has 2 aromatic carbocycles. The molecule has 0 aliphatic carbocycles. The average molecular weight is 576 g/mol. The summed E-state index contributed by atoms with van der Waals surface area (Å²) in [5, 5.41) is 3.03. The lowest BCUT2D eigenvalue weighted by Gasteiger charge is -2.41. The largest absolute Gasteiger partial charge is 0.370 e. The molecule has 11 heteroatoms. The van der Waals surface area contributed by atoms with E-state index in [1.807, 2.05) is 20.8 Å². The molecule has 1 amide bonds. The van der Waals surface area contributed by atoms with E-state index in [9.17, 15) is 22.4 Å². The number of nitrogens with zero attached hydrogens (tertiary/aromatic N) is 3. The average Bonchev–Trinajstić information content (AvgIpc) is 3.50. The number of benzene rings is 2. The topological polar surface area (TPSA) is 85.4 Å². The summed E-state index contributed by atoms with van der Waals surface area (Å²) in [6.07, 6.45) is 0.416. The highest BCUT2D eigenvalue weighted by Crippen LogP contribution is 2.40. The van der Waals surface area contributed by atoms with Crippen molar-refractivity contribution in [1.82, 2.24) is 19.8 Å². The van der Waals surface area contributed by atoms with Crippen LogP contribution in [0.15, 0.2) is 48.7 Å². The van der Waals surface area contributed by atoms with Crippen molar-refractivity contribution in [1.29, 1.82) is 0 Å². The van der Waals surface area contributed by atoms with Gasteiger partial charge in [0.25, 0.3) is 0 Å². The molecule has 0 unspecified atom stereocenters. The molecule has 2 heterocycles. The highest BCUT2D eigenvalue weighted by atomic mass is 19.1. The quantitative estimate of drug-likeness (QED) is 0.261. The summed E-state index contributed by atoms with van der Waals surface area (Å²) in [7, 11) is 0. The summed E-state index contributed by atoms with van der Waals surface area (Å²) in [5.74, 6) is -2.20. The number of imidazole rings is 1. The van der Waals surface area contributed by atoms with Crippen molar-refractivity contribution >= 4 is 5.91 Å². The number of carbonyl (C=O) groups excluding carboxylic acids is 1. The molecule has 1 aromatic heterocycles. The van der Waals surface area contributed by atoms with Crippen molar-refractivity contribution in [2.45, 2.75) is 39.5 Å². The van der Waals surface area contributed by atoms with E-state index in [1.54, 1.807) is 27.8 Å². The zero-order valence-corrected chi connectivity index (χ0v) is 23.5. The smallest absolute Gasteiger partial charge is 0.249 e. The Morgan fingerprint density at radius 2 is 1.93 bits per heavy atom. The number of aromatic nitrogens is 2. The number of alkyl halides is 1. The van der Waals surface area contributed by atoms with E-state index in [2.05, 4.69) is 5.32 Å². The molecule has 0 bridgehead atoms. The van der Waals surface area contributed by atoms with Gasteiger partial charge >= 0.3 is 0 Å². The lowest BCUT2D eigenvalue weighted by molar-refractivity contribution is -0.142. The first-order chi connectivity index (χ1) is 19.5. The molecule has 222 valence electrons. The Labute approximate surface area is 237 Å². The molecule has 3 N–H and O–H groups in total. The number of hydrogen-bond acceptors (Lipinski definition) is 5. The predicted molar refractivity (Wildman–Crippen MR) is 148 cm³/mol. The number of carbonyl (C=O) groups is 1. The van der Waals surface area contributed by atoms with Gasteiger partial charge in [0.1, 0.15) is 36.1 Å². The van der Waals surface area contributed by atoms with Crippen LogP contribution in [0.1, 0.15) is 38.2 Å². The maximum absolute atomic E-state index is 14.9. The second kappa shape index (κ2) is 13.1. The van der Waals surface area contributed by atoms with Crippen LogP contribution in [-0.4, -0.2) is 65.9 Å². The number of halogens is 4. The van der Waals surface area contributed by atoms with Gasteiger partial charge in [0, 0.05) is 50.4 Å². The highest BCUT2D eigenvalue weighted by molar-refractivity contribution is 5.78. The van der Waals surface area contributed by atoms with Gasteiger partial charge in [-0.1, -0.05) is 32.9 Å². The Hall–Kier alpha value is -3.28. The molecular weight excluding hydrogens is 538 g/mol. The fourth-order valence-electron chi connectivity index (χ4n) is 5.23. The second-order valence-corrected chi connectivity index (χ2v) is 11.5. The molecule has 1 aliphatic heterocycles. The van der Waals surface area contributed by atoms with Gasteiger partial charge in [0.05, 0.1) is 18.3 Å². The van der Waals surface area contributed by atoms with Crippen molar-refractivity contribution in [2.75, 3.05) is 39.4 Å². The van der Waals surface area contributed by atoms with E-state index < -0.39 is 41.0 Å². The van der Waals surface area contributed by atoms with E-state index in [0.717, 1.165) is 18.2 Å². The SMILES string of the molecule is CC(C)(C)[C@H](c1nc(-c2cc(F)ccc2F)cn1Cc1cccc(F)c1)N(C[C@@H]1CNC[C@@H]1F)C(=O)COCCN. The van der Waals surface area contributed by atoms with E-state index in [-0.39, 0.29) is 56.6 Å². The molecule has 1 aliphatic rings. The van der Waals surface area contributed by atoms with Gasteiger partial charge in [0.15, 0.2) is 0 Å². The Kier molecular flexibility index (Phi) is 9.83. The van der Waals surface area contributed by atoms with Crippen LogP contribution in [-0.2, 0) is 16.1 Å². The van der Waals surface area contributed by atoms with Gasteiger partial charge in [-0.3, -0.25) is 4.79 Å². The summed E-state index contributed by atoms with van der Waals surface area (Å²) in [6.45, 7) is 6.70. The van der Waals surface area contributed by atoms with Crippen LogP contribution in [0, 0.1) is 28.8 Å². The predicted octanol–water partition coefficient (Wildman–Crippen LogP) is 4.46. The molecule has 3 aromatic rings. The van der Waals surface area contributed by atoms with Gasteiger partial charge in [-0.15, -0.1) is 0 Å². The maximum Gasteiger partial charge on any atom is 0.249 e. The van der Waals surface area contributed by atoms with E-state index in [1.165, 1.54) is 12.1 Å². The van der Waals surface area contributed by atoms with Crippen LogP contribution in [0.25, 0.3) is 11.3 Å². The first kappa shape index (κ1) is 30.7. The third kappa shape index (κ3) is 7.52. The van der Waals surface area contributed by atoms with E-state index in [4.69, 9.17) is 15.5 Å². The molecule has 4 rings (SSSR count). The van der Waals surface area contributed by atoms with Crippen LogP contribution in [0.5, 0.6) is 0 Å². The van der Waals surface area contributed by atoms with Gasteiger partial charge in [0.2, 0.25) is 5.91 Å². The molecular formula is C30H37F4N5O2. The van der Waals surface area contributed by atoms with Gasteiger partial charge in [-0.05, 0) is 41.3 Å². The normalized spacial score (nSPS) is 18.0. The van der Waals surface area contributed by atoms with Crippen molar-refractivity contribution < 1.29 is 27.1 Å². The van der Waals surface area contributed by atoms with Gasteiger partial charge in [-0.2, -0.15) is 0 Å². The number of ether oxygens (including phenoxy) is 1. The highest BCUT2D eigenvalue weighted by Gasteiger charge is 2.41. The number of amides is 1. The van der Waals surface area contributed by atoms with Crippen molar-refractivity contribution in [2.24, 2.45) is 17.1 Å². The molecule has 0 spiro atoms. The Balaban J connectivity index is 1.85. The fraction of sp³-hybridized carbons (Fsp3) is 0.467. The standard InChI is InChI=1S/C30H37F4N5O2/c1-30(2,3)28(39(27(40)18-41-10-9-35)16-20-13-36-14-25(20)34)29-37-26(23-12-22(32)7-8-24(23)33)17-38(29)15-19-5-4-6-21(31)11-19/h4-8,11-12,17,20,25,28,36H,9-10,13-16,18,35H2,1-3H3/t20-,25-,28-/m0/s1. The summed E-state index contributed by atoms with van der Waals surface area (Å²) in [5.41, 5.74) is 5.60. The zero-order chi connectivity index (χ0) is 29.7. The summed E-state index contributed by atoms with van der Waals surface area (Å²) in [6, 6.07) is 8.39. The lowest BCUT2D eigenvalue weighted by atomic mass is 9.84. The van der Waals surface area contributed by atoms with Crippen LogP contribution < -0.4 is 11.1 Å². The van der Waals surface area contributed by atoms with Crippen molar-refractivity contribution in [3.8, 4) is 11.3 Å². The molecule has 41 heavy (non-hydrogen) atoms. The summed E-state index contributed by atoms with van der Waals surface area (Å²) >= 11 is 0. The number of rotatable bonds is 11. The fourth-order valence-corrected chi connectivity index (χ4v) is 5.23. The van der Waals surface area contributed by atoms with Gasteiger partial charge in [-0.25, -0.2) is 22.5 Å². The van der Waals surface area contributed by atoms with Gasteiger partial charge < -0.3 is 25.3 Å². The zero-order valence-electron chi connectivity index (χ0n) is 23.5. The number of nitrogens with one attached hydrogen (secondary N) is 1. The maximum atomic E-state index is 14.9. The molecule has 7 nitrogen and oxygen atoms in total. The Bertz CT molecular complexity index is 1340. The van der Waals surface area contributed by atoms with E-state index >= 15 is 0 Å². The van der Waals surface area contributed by atoms with Crippen LogP contribution in [0.4, 0.5) is 17.6 Å². The Morgan fingerprint density at radius 1 is 1.17 bits per heavy atom. The van der Waals surface area contributed by atoms with Crippen molar-refractivity contribution in [3.63, 3.8) is 0 Å². The molecule has 1 saturated heterocycles. The minimum atomic E-state index is -1.15. The van der Waals surface area contributed by atoms with Crippen molar-refractivity contribution in [3.05, 3.63) is 77.5 Å². The van der Waals surface area contributed by atoms with Crippen LogP contribution in [0.2, 0.25) is 0 Å². The van der Waals surface area contributed by atoms with Crippen LogP contribution in [0.3, 0.4) is 0 Å². The molecule has 3 atom stereocenters. The lowest BCUT2D eigenvalue weighted by Crippen LogP contribution is -2.47. The second-order valence-electron chi connectivity index (χ2n) is 11.5. The third-order valence-electron chi connectivity index (χ3n) is 7.13. The van der Waals surface area contributed by atoms with E-state index in [0.29, 0.717) is 17.9 Å². The minimum absolute atomic E-state index is 0.0510. The number of hydrogen-bond donors (Lipinski definition) is 2. The van der Waals surface area contributed by atoms with Crippen LogP contribution >= 0.6 is 0 Å². The molecule has 0 radical (unpaired) electrons. The Morgan fingerprint density at radius 3 is 2.59 bits per heavy atom. The summed E-state index contributed by atoms with van der Waals surface area (Å²) in [4.78, 5) is 20.0. The summed E-state index contributed by atoms with van der Waals surface area (Å²) < 4.78 is 65.1. The number of nitrogens with two attached hydrogens (primary N) is 1. The molecule has 1 fully saturated rings. The third-order valence-corrected chi connectivity index (χ3v) is 7.13. The monoisotopic (exact) mass is 575 g/mol. The minimum Gasteiger partial charge on any atom is -0.370 e.